The topological polar surface area (TPSA) is 47.7 Å². The van der Waals surface area contributed by atoms with Gasteiger partial charge in [0.2, 0.25) is 0 Å². The minimum Gasteiger partial charge on any atom is -0.495 e. The van der Waals surface area contributed by atoms with Crippen molar-refractivity contribution in [3.05, 3.63) is 12.1 Å². The number of hydrogen-bond acceptors (Lipinski definition) is 4. The Morgan fingerprint density at radius 2 is 1.65 bits per heavy atom. The van der Waals surface area contributed by atoms with E-state index in [1.54, 1.807) is 14.2 Å². The van der Waals surface area contributed by atoms with E-state index in [0.717, 1.165) is 24.5 Å². The molecule has 0 unspecified atom stereocenters. The number of methoxy groups -OCH3 is 2. The quantitative estimate of drug-likeness (QED) is 0.818. The maximum absolute atomic E-state index is 5.88. The minimum atomic E-state index is 0.616. The summed E-state index contributed by atoms with van der Waals surface area (Å²) in [5.74, 6) is 1.54. The third kappa shape index (κ3) is 2.40. The third-order valence-electron chi connectivity index (χ3n) is 3.23. The van der Waals surface area contributed by atoms with E-state index in [9.17, 15) is 0 Å². The molecular weight excluding hydrogens is 216 g/mol. The van der Waals surface area contributed by atoms with Crippen molar-refractivity contribution in [2.45, 2.75) is 19.3 Å². The highest BCUT2D eigenvalue weighted by molar-refractivity contribution is 5.70. The molecule has 0 saturated carbocycles. The second kappa shape index (κ2) is 5.17. The normalized spacial score (nSPS) is 15.8. The smallest absolute Gasteiger partial charge is 0.144 e. The monoisotopic (exact) mass is 236 g/mol. The van der Waals surface area contributed by atoms with Gasteiger partial charge in [-0.15, -0.1) is 0 Å². The number of nitrogens with two attached hydrogens (primary N) is 1. The zero-order valence-corrected chi connectivity index (χ0v) is 10.5. The summed E-state index contributed by atoms with van der Waals surface area (Å²) < 4.78 is 10.7. The van der Waals surface area contributed by atoms with Gasteiger partial charge in [-0.3, -0.25) is 0 Å². The molecule has 4 nitrogen and oxygen atoms in total. The van der Waals surface area contributed by atoms with E-state index in [1.165, 1.54) is 19.3 Å². The van der Waals surface area contributed by atoms with Crippen molar-refractivity contribution in [2.24, 2.45) is 0 Å². The van der Waals surface area contributed by atoms with Crippen LogP contribution in [0.4, 0.5) is 11.4 Å². The fourth-order valence-electron chi connectivity index (χ4n) is 2.29. The summed E-state index contributed by atoms with van der Waals surface area (Å²) in [4.78, 5) is 2.34. The lowest BCUT2D eigenvalue weighted by Crippen LogP contribution is -2.29. The van der Waals surface area contributed by atoms with Crippen molar-refractivity contribution in [2.75, 3.05) is 37.9 Å². The van der Waals surface area contributed by atoms with Crippen molar-refractivity contribution in [1.82, 2.24) is 0 Å². The Morgan fingerprint density at radius 1 is 1.00 bits per heavy atom. The zero-order chi connectivity index (χ0) is 12.3. The van der Waals surface area contributed by atoms with E-state index in [4.69, 9.17) is 15.2 Å². The van der Waals surface area contributed by atoms with Crippen LogP contribution in [0.1, 0.15) is 19.3 Å². The Kier molecular flexibility index (Phi) is 3.61. The molecule has 1 fully saturated rings. The maximum Gasteiger partial charge on any atom is 0.144 e. The standard InChI is InChI=1S/C13H20N2O2/c1-16-12-9-11(13(17-2)8-10(12)14)15-6-4-3-5-7-15/h8-9H,3-7,14H2,1-2H3. The second-order valence-electron chi connectivity index (χ2n) is 4.31. The van der Waals surface area contributed by atoms with Crippen LogP contribution in [0.5, 0.6) is 11.5 Å². The largest absolute Gasteiger partial charge is 0.495 e. The molecule has 0 atom stereocenters. The molecule has 2 rings (SSSR count). The highest BCUT2D eigenvalue weighted by Crippen LogP contribution is 2.37. The van der Waals surface area contributed by atoms with Gasteiger partial charge >= 0.3 is 0 Å². The molecule has 1 heterocycles. The van der Waals surface area contributed by atoms with Crippen LogP contribution in [0, 0.1) is 0 Å². The summed E-state index contributed by atoms with van der Waals surface area (Å²) >= 11 is 0. The average Bonchev–Trinajstić information content (AvgIpc) is 2.39. The first kappa shape index (κ1) is 11.9. The summed E-state index contributed by atoms with van der Waals surface area (Å²) in [6, 6.07) is 3.81. The highest BCUT2D eigenvalue weighted by Gasteiger charge is 2.17. The SMILES string of the molecule is COc1cc(N2CCCCC2)c(OC)cc1N. The van der Waals surface area contributed by atoms with Crippen LogP contribution in [0.25, 0.3) is 0 Å². The molecule has 0 bridgehead atoms. The van der Waals surface area contributed by atoms with E-state index in [1.807, 2.05) is 12.1 Å². The molecule has 1 aromatic carbocycles. The Balaban J connectivity index is 2.35. The molecule has 0 radical (unpaired) electrons. The summed E-state index contributed by atoms with van der Waals surface area (Å²) in [6.07, 6.45) is 3.77. The van der Waals surface area contributed by atoms with Crippen molar-refractivity contribution < 1.29 is 9.47 Å². The number of nitrogen functional groups attached to an aromatic ring is 1. The van der Waals surface area contributed by atoms with Gasteiger partial charge in [0.05, 0.1) is 25.6 Å². The molecule has 0 spiro atoms. The van der Waals surface area contributed by atoms with Crippen LogP contribution in [0.15, 0.2) is 12.1 Å². The van der Waals surface area contributed by atoms with Crippen molar-refractivity contribution in [3.8, 4) is 11.5 Å². The molecule has 1 saturated heterocycles. The Hall–Kier alpha value is -1.58. The van der Waals surface area contributed by atoms with Crippen LogP contribution >= 0.6 is 0 Å². The molecular formula is C13H20N2O2. The van der Waals surface area contributed by atoms with E-state index < -0.39 is 0 Å². The van der Waals surface area contributed by atoms with Crippen LogP contribution < -0.4 is 20.1 Å². The van der Waals surface area contributed by atoms with Gasteiger partial charge in [0.25, 0.3) is 0 Å². The Morgan fingerprint density at radius 3 is 2.24 bits per heavy atom. The highest BCUT2D eigenvalue weighted by atomic mass is 16.5. The Bertz CT molecular complexity index is 387. The fourth-order valence-corrected chi connectivity index (χ4v) is 2.29. The molecule has 4 heteroatoms. The zero-order valence-electron chi connectivity index (χ0n) is 10.5. The first-order valence-corrected chi connectivity index (χ1v) is 6.02. The summed E-state index contributed by atoms with van der Waals surface area (Å²) in [6.45, 7) is 2.15. The molecule has 0 aromatic heterocycles. The van der Waals surface area contributed by atoms with Crippen LogP contribution in [0.3, 0.4) is 0 Å². The number of anilines is 2. The first-order chi connectivity index (χ1) is 8.26. The van der Waals surface area contributed by atoms with Crippen LogP contribution in [-0.2, 0) is 0 Å². The number of benzene rings is 1. The van der Waals surface area contributed by atoms with Gasteiger partial charge < -0.3 is 20.1 Å². The van der Waals surface area contributed by atoms with Crippen LogP contribution in [-0.4, -0.2) is 27.3 Å². The number of hydrogen-bond donors (Lipinski definition) is 1. The van der Waals surface area contributed by atoms with E-state index in [0.29, 0.717) is 11.4 Å². The lowest BCUT2D eigenvalue weighted by atomic mass is 10.1. The average molecular weight is 236 g/mol. The van der Waals surface area contributed by atoms with Gasteiger partial charge in [-0.1, -0.05) is 0 Å². The molecule has 0 amide bonds. The molecule has 2 N–H and O–H groups in total. The van der Waals surface area contributed by atoms with E-state index >= 15 is 0 Å². The summed E-state index contributed by atoms with van der Waals surface area (Å²) in [5, 5.41) is 0. The summed E-state index contributed by atoms with van der Waals surface area (Å²) in [7, 11) is 3.31. The van der Waals surface area contributed by atoms with Crippen molar-refractivity contribution in [1.29, 1.82) is 0 Å². The number of nitrogens with zero attached hydrogens (tertiary/aromatic N) is 1. The van der Waals surface area contributed by atoms with Gasteiger partial charge in [0.1, 0.15) is 11.5 Å². The van der Waals surface area contributed by atoms with Crippen LogP contribution in [0.2, 0.25) is 0 Å². The lowest BCUT2D eigenvalue weighted by molar-refractivity contribution is 0.403. The van der Waals surface area contributed by atoms with Gasteiger partial charge in [-0.2, -0.15) is 0 Å². The van der Waals surface area contributed by atoms with Gasteiger partial charge in [0, 0.05) is 25.2 Å². The second-order valence-corrected chi connectivity index (χ2v) is 4.31. The Labute approximate surface area is 102 Å². The van der Waals surface area contributed by atoms with Gasteiger partial charge in [0.15, 0.2) is 0 Å². The number of piperidine rings is 1. The van der Waals surface area contributed by atoms with E-state index in [-0.39, 0.29) is 0 Å². The predicted molar refractivity (Wildman–Crippen MR) is 70.0 cm³/mol. The van der Waals surface area contributed by atoms with Crippen molar-refractivity contribution >= 4 is 11.4 Å². The molecule has 17 heavy (non-hydrogen) atoms. The third-order valence-corrected chi connectivity index (χ3v) is 3.23. The molecule has 0 aliphatic carbocycles. The number of rotatable bonds is 3. The van der Waals surface area contributed by atoms with Gasteiger partial charge in [-0.05, 0) is 19.3 Å². The molecule has 1 aliphatic heterocycles. The number of ether oxygens (including phenoxy) is 2. The van der Waals surface area contributed by atoms with E-state index in [2.05, 4.69) is 4.90 Å². The molecule has 1 aromatic rings. The maximum atomic E-state index is 5.88. The lowest BCUT2D eigenvalue weighted by Gasteiger charge is -2.30. The van der Waals surface area contributed by atoms with Crippen molar-refractivity contribution in [3.63, 3.8) is 0 Å². The predicted octanol–water partition coefficient (Wildman–Crippen LogP) is 2.28. The first-order valence-electron chi connectivity index (χ1n) is 6.02. The molecule has 94 valence electrons. The minimum absolute atomic E-state index is 0.616. The fraction of sp³-hybridized carbons (Fsp3) is 0.538. The molecule has 1 aliphatic rings. The summed E-state index contributed by atoms with van der Waals surface area (Å²) in [5.41, 5.74) is 7.58. The van der Waals surface area contributed by atoms with Gasteiger partial charge in [-0.25, -0.2) is 0 Å².